The Kier molecular flexibility index (Phi) is 3.80. The van der Waals surface area contributed by atoms with Gasteiger partial charge in [0.1, 0.15) is 18.1 Å². The van der Waals surface area contributed by atoms with E-state index in [2.05, 4.69) is 10.4 Å². The van der Waals surface area contributed by atoms with Crippen LogP contribution in [0.2, 0.25) is 0 Å². The number of ether oxygens (including phenoxy) is 1. The Balaban J connectivity index is 1.75. The Morgan fingerprint density at radius 3 is 3.00 bits per heavy atom. The molecule has 1 aliphatic rings. The van der Waals surface area contributed by atoms with Crippen LogP contribution in [0.3, 0.4) is 0 Å². The Morgan fingerprint density at radius 1 is 1.42 bits per heavy atom. The number of carbonyl (C=O) groups excluding carboxylic acids is 1. The van der Waals surface area contributed by atoms with Crippen LogP contribution in [-0.2, 0) is 11.3 Å². The van der Waals surface area contributed by atoms with Crippen LogP contribution in [-0.4, -0.2) is 33.0 Å². The quantitative estimate of drug-likeness (QED) is 0.620. The van der Waals surface area contributed by atoms with Gasteiger partial charge >= 0.3 is 0 Å². The van der Waals surface area contributed by atoms with Gasteiger partial charge in [0, 0.05) is 17.9 Å². The average molecular weight is 355 g/mol. The summed E-state index contributed by atoms with van der Waals surface area (Å²) in [6.45, 7) is 0.388. The lowest BCUT2D eigenvalue weighted by molar-refractivity contribution is -0.116. The first-order valence-electron chi connectivity index (χ1n) is 8.04. The summed E-state index contributed by atoms with van der Waals surface area (Å²) in [4.78, 5) is 12.2. The minimum atomic E-state index is -0.328. The summed E-state index contributed by atoms with van der Waals surface area (Å²) in [5.41, 5.74) is 1.48. The zero-order valence-corrected chi connectivity index (χ0v) is 14.0. The smallest absolute Gasteiger partial charge is 0.226 e. The molecule has 0 saturated heterocycles. The van der Waals surface area contributed by atoms with E-state index in [0.29, 0.717) is 17.9 Å². The first-order chi connectivity index (χ1) is 12.6. The van der Waals surface area contributed by atoms with Crippen molar-refractivity contribution < 1.29 is 24.2 Å². The number of aromatic hydroxyl groups is 2. The number of phenols is 2. The maximum absolute atomic E-state index is 12.2. The van der Waals surface area contributed by atoms with Gasteiger partial charge < -0.3 is 24.7 Å². The van der Waals surface area contributed by atoms with Gasteiger partial charge in [-0.15, -0.1) is 0 Å². The van der Waals surface area contributed by atoms with Gasteiger partial charge in [0.05, 0.1) is 19.6 Å². The van der Waals surface area contributed by atoms with Gasteiger partial charge in [0.25, 0.3) is 0 Å². The van der Waals surface area contributed by atoms with Gasteiger partial charge in [0.2, 0.25) is 11.7 Å². The van der Waals surface area contributed by atoms with Crippen molar-refractivity contribution in [2.45, 2.75) is 18.9 Å². The molecule has 0 saturated carbocycles. The molecule has 134 valence electrons. The molecule has 0 radical (unpaired) electrons. The normalized spacial score (nSPS) is 16.2. The molecule has 1 aliphatic heterocycles. The van der Waals surface area contributed by atoms with Crippen molar-refractivity contribution in [1.82, 2.24) is 9.78 Å². The van der Waals surface area contributed by atoms with Crippen LogP contribution >= 0.6 is 0 Å². The zero-order valence-electron chi connectivity index (χ0n) is 14.0. The van der Waals surface area contributed by atoms with Crippen LogP contribution in [0, 0.1) is 0 Å². The van der Waals surface area contributed by atoms with E-state index < -0.39 is 0 Å². The minimum Gasteiger partial charge on any atom is -0.504 e. The number of furan rings is 1. The molecule has 8 nitrogen and oxygen atoms in total. The van der Waals surface area contributed by atoms with Gasteiger partial charge in [-0.2, -0.15) is 5.10 Å². The second-order valence-electron chi connectivity index (χ2n) is 6.08. The van der Waals surface area contributed by atoms with Crippen LogP contribution in [0.15, 0.2) is 41.1 Å². The number of anilines is 1. The molecule has 3 N–H and O–H groups in total. The number of methoxy groups -OCH3 is 1. The van der Waals surface area contributed by atoms with Crippen molar-refractivity contribution in [2.24, 2.45) is 0 Å². The third kappa shape index (κ3) is 2.65. The van der Waals surface area contributed by atoms with Crippen molar-refractivity contribution in [3.63, 3.8) is 0 Å². The Morgan fingerprint density at radius 2 is 2.27 bits per heavy atom. The fourth-order valence-electron chi connectivity index (χ4n) is 3.21. The summed E-state index contributed by atoms with van der Waals surface area (Å²) in [6.07, 6.45) is 3.48. The van der Waals surface area contributed by atoms with E-state index in [1.807, 2.05) is 6.07 Å². The van der Waals surface area contributed by atoms with Crippen molar-refractivity contribution in [3.05, 3.63) is 53.6 Å². The predicted molar refractivity (Wildman–Crippen MR) is 91.5 cm³/mol. The van der Waals surface area contributed by atoms with Crippen molar-refractivity contribution in [3.8, 4) is 17.2 Å². The Hall–Kier alpha value is -3.42. The Bertz CT molecular complexity index is 962. The molecule has 0 fully saturated rings. The highest BCUT2D eigenvalue weighted by Gasteiger charge is 2.31. The molecule has 1 amide bonds. The molecular formula is C18H17N3O5. The monoisotopic (exact) mass is 355 g/mol. The highest BCUT2D eigenvalue weighted by atomic mass is 16.5. The number of benzene rings is 1. The topological polar surface area (TPSA) is 110 Å². The lowest BCUT2D eigenvalue weighted by Gasteiger charge is -2.24. The first-order valence-corrected chi connectivity index (χ1v) is 8.04. The lowest BCUT2D eigenvalue weighted by atomic mass is 9.87. The molecule has 0 unspecified atom stereocenters. The van der Waals surface area contributed by atoms with E-state index >= 15 is 0 Å². The number of carbonyl (C=O) groups is 1. The van der Waals surface area contributed by atoms with Gasteiger partial charge in [-0.1, -0.05) is 0 Å². The highest BCUT2D eigenvalue weighted by Crippen LogP contribution is 2.43. The van der Waals surface area contributed by atoms with E-state index in [1.165, 1.54) is 13.2 Å². The summed E-state index contributed by atoms with van der Waals surface area (Å²) in [6, 6.07) is 6.68. The number of rotatable bonds is 4. The Labute approximate surface area is 148 Å². The fraction of sp³-hybridized carbons (Fsp3) is 0.222. The highest BCUT2D eigenvalue weighted by molar-refractivity contribution is 5.94. The molecule has 4 rings (SSSR count). The zero-order chi connectivity index (χ0) is 18.3. The van der Waals surface area contributed by atoms with Gasteiger partial charge in [-0.3, -0.25) is 4.79 Å². The molecule has 8 heteroatoms. The van der Waals surface area contributed by atoms with E-state index in [0.717, 1.165) is 11.3 Å². The standard InChI is InChI=1S/C18H17N3O5/c1-25-15-6-10(5-14(22)17(15)24)12-7-16(23)20-18-13(12)8-19-21(18)9-11-3-2-4-26-11/h2-6,8,12,22,24H,7,9H2,1H3,(H,20,23)/t12-/m1/s1. The van der Waals surface area contributed by atoms with Crippen molar-refractivity contribution >= 4 is 11.7 Å². The largest absolute Gasteiger partial charge is 0.504 e. The number of nitrogens with zero attached hydrogens (tertiary/aromatic N) is 2. The lowest BCUT2D eigenvalue weighted by Crippen LogP contribution is -2.25. The molecule has 0 spiro atoms. The van der Waals surface area contributed by atoms with Crippen molar-refractivity contribution in [2.75, 3.05) is 12.4 Å². The number of amides is 1. The molecule has 0 bridgehead atoms. The van der Waals surface area contributed by atoms with E-state index in [9.17, 15) is 15.0 Å². The minimum absolute atomic E-state index is 0.149. The van der Waals surface area contributed by atoms with Crippen LogP contribution in [0.4, 0.5) is 5.82 Å². The average Bonchev–Trinajstić information content (AvgIpc) is 3.27. The van der Waals surface area contributed by atoms with E-state index in [-0.39, 0.29) is 35.5 Å². The number of nitrogens with one attached hydrogen (secondary N) is 1. The molecule has 2 aromatic heterocycles. The second-order valence-corrected chi connectivity index (χ2v) is 6.08. The first kappa shape index (κ1) is 16.1. The van der Waals surface area contributed by atoms with Gasteiger partial charge in [-0.25, -0.2) is 4.68 Å². The van der Waals surface area contributed by atoms with E-state index in [1.54, 1.807) is 29.3 Å². The van der Waals surface area contributed by atoms with Crippen LogP contribution in [0.25, 0.3) is 0 Å². The summed E-state index contributed by atoms with van der Waals surface area (Å²) in [5, 5.41) is 27.0. The SMILES string of the molecule is COc1cc([C@H]2CC(=O)Nc3c2cnn3Cc2ccco2)cc(O)c1O. The fourth-order valence-corrected chi connectivity index (χ4v) is 3.21. The number of phenolic OH excluding ortho intramolecular Hbond substituents is 2. The number of hydrogen-bond donors (Lipinski definition) is 3. The summed E-state index contributed by atoms with van der Waals surface area (Å²) >= 11 is 0. The van der Waals surface area contributed by atoms with E-state index in [4.69, 9.17) is 9.15 Å². The van der Waals surface area contributed by atoms with Crippen LogP contribution in [0.5, 0.6) is 17.2 Å². The third-order valence-electron chi connectivity index (χ3n) is 4.48. The van der Waals surface area contributed by atoms with Gasteiger partial charge in [0.15, 0.2) is 11.5 Å². The molecule has 0 aliphatic carbocycles. The number of fused-ring (bicyclic) bond motifs is 1. The van der Waals surface area contributed by atoms with Crippen LogP contribution < -0.4 is 10.1 Å². The maximum Gasteiger partial charge on any atom is 0.226 e. The summed E-state index contributed by atoms with van der Waals surface area (Å²) in [7, 11) is 1.40. The van der Waals surface area contributed by atoms with Crippen molar-refractivity contribution in [1.29, 1.82) is 0 Å². The number of hydrogen-bond acceptors (Lipinski definition) is 6. The predicted octanol–water partition coefficient (Wildman–Crippen LogP) is 2.42. The molecule has 1 atom stereocenters. The van der Waals surface area contributed by atoms with Crippen LogP contribution in [0.1, 0.15) is 29.2 Å². The maximum atomic E-state index is 12.2. The molecule has 3 aromatic rings. The molecule has 26 heavy (non-hydrogen) atoms. The molecule has 1 aromatic carbocycles. The summed E-state index contributed by atoms with van der Waals surface area (Å²) in [5.74, 6) is 0.362. The molecular weight excluding hydrogens is 338 g/mol. The second kappa shape index (κ2) is 6.14. The summed E-state index contributed by atoms with van der Waals surface area (Å²) < 4.78 is 12.1. The number of aromatic nitrogens is 2. The van der Waals surface area contributed by atoms with Gasteiger partial charge in [-0.05, 0) is 29.8 Å². The third-order valence-corrected chi connectivity index (χ3v) is 4.48. The molecule has 3 heterocycles.